The fourth-order valence-electron chi connectivity index (χ4n) is 1.35. The van der Waals surface area contributed by atoms with Crippen LogP contribution in [0.15, 0.2) is 0 Å². The predicted octanol–water partition coefficient (Wildman–Crippen LogP) is 0.336. The van der Waals surface area contributed by atoms with Crippen LogP contribution in [0.3, 0.4) is 0 Å². The molecule has 0 atom stereocenters. The smallest absolute Gasteiger partial charge is 0.277 e. The minimum Gasteiger partial charge on any atom is -0.329 e. The van der Waals surface area contributed by atoms with Gasteiger partial charge in [-0.1, -0.05) is 13.8 Å². The molecule has 0 amide bonds. The molecule has 15 heavy (non-hydrogen) atoms. The number of nitrogens with two attached hydrogens (primary N) is 1. The lowest BCUT2D eigenvalue weighted by atomic mass is 9.95. The van der Waals surface area contributed by atoms with Gasteiger partial charge in [0.25, 0.3) is 10.2 Å². The Morgan fingerprint density at radius 2 is 1.73 bits per heavy atom. The zero-order valence-electron chi connectivity index (χ0n) is 10.0. The first-order chi connectivity index (χ1) is 6.81. The second kappa shape index (κ2) is 5.79. The van der Waals surface area contributed by atoms with Gasteiger partial charge in [-0.15, -0.1) is 0 Å². The van der Waals surface area contributed by atoms with Crippen LogP contribution < -0.4 is 15.2 Å². The van der Waals surface area contributed by atoms with Crippen LogP contribution in [0.25, 0.3) is 0 Å². The molecule has 6 heteroatoms. The molecule has 92 valence electrons. The van der Waals surface area contributed by atoms with E-state index in [1.54, 1.807) is 13.8 Å². The third-order valence-corrected chi connectivity index (χ3v) is 3.97. The second-order valence-electron chi connectivity index (χ2n) is 4.07. The summed E-state index contributed by atoms with van der Waals surface area (Å²) in [5.74, 6) is 0. The van der Waals surface area contributed by atoms with E-state index in [0.717, 1.165) is 0 Å². The number of nitrogens with one attached hydrogen (secondary N) is 2. The molecule has 5 nitrogen and oxygen atoms in total. The molecule has 0 bridgehead atoms. The van der Waals surface area contributed by atoms with Gasteiger partial charge in [0.05, 0.1) is 0 Å². The maximum Gasteiger partial charge on any atom is 0.277 e. The van der Waals surface area contributed by atoms with Crippen LogP contribution in [0.2, 0.25) is 0 Å². The van der Waals surface area contributed by atoms with E-state index in [1.165, 1.54) is 0 Å². The summed E-state index contributed by atoms with van der Waals surface area (Å²) in [6.07, 6.45) is 1.36. The van der Waals surface area contributed by atoms with Crippen LogP contribution in [0, 0.1) is 0 Å². The molecule has 0 aliphatic carbocycles. The van der Waals surface area contributed by atoms with Gasteiger partial charge in [-0.25, -0.2) is 0 Å². The zero-order valence-corrected chi connectivity index (χ0v) is 10.8. The summed E-state index contributed by atoms with van der Waals surface area (Å²) in [5, 5.41) is 0. The molecule has 0 heterocycles. The lowest BCUT2D eigenvalue weighted by Crippen LogP contribution is -2.56. The Labute approximate surface area is 93.0 Å². The Balaban J connectivity index is 4.67. The lowest BCUT2D eigenvalue weighted by Gasteiger charge is -2.31. The number of hydrogen-bond donors (Lipinski definition) is 3. The first kappa shape index (κ1) is 14.8. The zero-order chi connectivity index (χ0) is 12.1. The Hall–Kier alpha value is -0.170. The highest BCUT2D eigenvalue weighted by molar-refractivity contribution is 7.87. The van der Waals surface area contributed by atoms with Gasteiger partial charge in [0.1, 0.15) is 0 Å². The number of rotatable bonds is 7. The highest BCUT2D eigenvalue weighted by Gasteiger charge is 2.29. The first-order valence-corrected chi connectivity index (χ1v) is 6.80. The van der Waals surface area contributed by atoms with Crippen molar-refractivity contribution in [3.05, 3.63) is 0 Å². The summed E-state index contributed by atoms with van der Waals surface area (Å²) in [5.41, 5.74) is 5.09. The molecule has 0 fully saturated rings. The molecular formula is C9H23N3O2S. The van der Waals surface area contributed by atoms with Gasteiger partial charge in [0.2, 0.25) is 0 Å². The van der Waals surface area contributed by atoms with E-state index in [-0.39, 0.29) is 6.04 Å². The van der Waals surface area contributed by atoms with Gasteiger partial charge < -0.3 is 5.73 Å². The summed E-state index contributed by atoms with van der Waals surface area (Å²) < 4.78 is 28.4. The van der Waals surface area contributed by atoms with Gasteiger partial charge >= 0.3 is 0 Å². The van der Waals surface area contributed by atoms with E-state index in [1.807, 2.05) is 13.8 Å². The highest BCUT2D eigenvalue weighted by atomic mass is 32.2. The van der Waals surface area contributed by atoms with Crippen molar-refractivity contribution >= 4 is 10.2 Å². The maximum atomic E-state index is 11.7. The minimum atomic E-state index is -3.45. The summed E-state index contributed by atoms with van der Waals surface area (Å²) >= 11 is 0. The molecule has 0 radical (unpaired) electrons. The van der Waals surface area contributed by atoms with Gasteiger partial charge in [0, 0.05) is 18.1 Å². The van der Waals surface area contributed by atoms with E-state index in [0.29, 0.717) is 19.4 Å². The fraction of sp³-hybridized carbons (Fsp3) is 1.00. The van der Waals surface area contributed by atoms with E-state index in [4.69, 9.17) is 5.73 Å². The second-order valence-corrected chi connectivity index (χ2v) is 5.52. The molecule has 0 aliphatic heterocycles. The SMILES string of the molecule is CCC(CC)(CN)NS(=O)(=O)NC(C)C. The quantitative estimate of drug-likeness (QED) is 0.597. The first-order valence-electron chi connectivity index (χ1n) is 5.32. The van der Waals surface area contributed by atoms with Crippen molar-refractivity contribution in [1.29, 1.82) is 0 Å². The predicted molar refractivity (Wildman–Crippen MR) is 62.7 cm³/mol. The molecule has 0 saturated heterocycles. The Bertz CT molecular complexity index is 263. The van der Waals surface area contributed by atoms with Crippen molar-refractivity contribution in [2.45, 2.75) is 52.1 Å². The van der Waals surface area contributed by atoms with Crippen LogP contribution in [-0.2, 0) is 10.2 Å². The average Bonchev–Trinajstić information content (AvgIpc) is 2.12. The standard InChI is InChI=1S/C9H23N3O2S/c1-5-9(6-2,7-10)12-15(13,14)11-8(3)4/h8,11-12H,5-7,10H2,1-4H3. The van der Waals surface area contributed by atoms with Gasteiger partial charge in [-0.05, 0) is 26.7 Å². The molecule has 0 unspecified atom stereocenters. The normalized spacial score (nSPS) is 13.5. The molecule has 4 N–H and O–H groups in total. The Morgan fingerprint density at radius 1 is 1.27 bits per heavy atom. The minimum absolute atomic E-state index is 0.119. The van der Waals surface area contributed by atoms with Gasteiger partial charge in [0.15, 0.2) is 0 Å². The van der Waals surface area contributed by atoms with Gasteiger partial charge in [-0.2, -0.15) is 17.9 Å². The Kier molecular flexibility index (Phi) is 5.72. The largest absolute Gasteiger partial charge is 0.329 e. The molecular weight excluding hydrogens is 214 g/mol. The number of hydrogen-bond acceptors (Lipinski definition) is 3. The van der Waals surface area contributed by atoms with Crippen molar-refractivity contribution < 1.29 is 8.42 Å². The van der Waals surface area contributed by atoms with Crippen molar-refractivity contribution in [1.82, 2.24) is 9.44 Å². The third-order valence-electron chi connectivity index (χ3n) is 2.49. The molecule has 0 aliphatic rings. The average molecular weight is 237 g/mol. The summed E-state index contributed by atoms with van der Waals surface area (Å²) in [6.45, 7) is 7.71. The molecule has 0 aromatic rings. The topological polar surface area (TPSA) is 84.2 Å². The summed E-state index contributed by atoms with van der Waals surface area (Å²) in [4.78, 5) is 0. The van der Waals surface area contributed by atoms with Gasteiger partial charge in [-0.3, -0.25) is 0 Å². The highest BCUT2D eigenvalue weighted by Crippen LogP contribution is 2.14. The molecule has 0 aromatic heterocycles. The van der Waals surface area contributed by atoms with E-state index < -0.39 is 15.7 Å². The van der Waals surface area contributed by atoms with Crippen LogP contribution in [0.5, 0.6) is 0 Å². The van der Waals surface area contributed by atoms with Crippen molar-refractivity contribution in [2.75, 3.05) is 6.54 Å². The van der Waals surface area contributed by atoms with Crippen molar-refractivity contribution in [2.24, 2.45) is 5.73 Å². The molecule has 0 aromatic carbocycles. The molecule has 0 saturated carbocycles. The maximum absolute atomic E-state index is 11.7. The van der Waals surface area contributed by atoms with E-state index >= 15 is 0 Å². The Morgan fingerprint density at radius 3 is 2.00 bits per heavy atom. The fourth-order valence-corrected chi connectivity index (χ4v) is 2.97. The van der Waals surface area contributed by atoms with Crippen LogP contribution in [0.1, 0.15) is 40.5 Å². The third kappa shape index (κ3) is 4.92. The summed E-state index contributed by atoms with van der Waals surface area (Å²) in [6, 6.07) is -0.119. The summed E-state index contributed by atoms with van der Waals surface area (Å²) in [7, 11) is -3.45. The van der Waals surface area contributed by atoms with Crippen molar-refractivity contribution in [3.63, 3.8) is 0 Å². The van der Waals surface area contributed by atoms with Crippen LogP contribution in [-0.4, -0.2) is 26.5 Å². The molecule has 0 spiro atoms. The van der Waals surface area contributed by atoms with E-state index in [9.17, 15) is 8.42 Å². The monoisotopic (exact) mass is 237 g/mol. The van der Waals surface area contributed by atoms with Crippen LogP contribution in [0.4, 0.5) is 0 Å². The lowest BCUT2D eigenvalue weighted by molar-refractivity contribution is 0.360. The van der Waals surface area contributed by atoms with E-state index in [2.05, 4.69) is 9.44 Å². The molecule has 0 rings (SSSR count). The van der Waals surface area contributed by atoms with Crippen molar-refractivity contribution in [3.8, 4) is 0 Å². The van der Waals surface area contributed by atoms with Crippen LogP contribution >= 0.6 is 0 Å².